The van der Waals surface area contributed by atoms with Gasteiger partial charge in [-0.2, -0.15) is 0 Å². The number of carboxylic acid groups (broad SMARTS) is 1. The third-order valence-corrected chi connectivity index (χ3v) is 2.05. The number of aromatic carboxylic acids is 1. The van der Waals surface area contributed by atoms with Crippen molar-refractivity contribution in [2.75, 3.05) is 6.61 Å². The lowest BCUT2D eigenvalue weighted by atomic mass is 10.2. The summed E-state index contributed by atoms with van der Waals surface area (Å²) in [7, 11) is 0. The first-order valence-corrected chi connectivity index (χ1v) is 5.29. The summed E-state index contributed by atoms with van der Waals surface area (Å²) in [5.74, 6) is -0.325. The van der Waals surface area contributed by atoms with Gasteiger partial charge in [0.15, 0.2) is 6.29 Å². The van der Waals surface area contributed by atoms with E-state index in [9.17, 15) is 4.79 Å². The Balaban J connectivity index is 2.63. The first kappa shape index (κ1) is 12.5. The van der Waals surface area contributed by atoms with Gasteiger partial charge in [-0.25, -0.2) is 4.79 Å². The molecule has 0 radical (unpaired) electrons. The molecule has 0 saturated heterocycles. The van der Waals surface area contributed by atoms with Crippen LogP contribution >= 0.6 is 0 Å². The number of hydrogen-bond acceptors (Lipinski definition) is 3. The van der Waals surface area contributed by atoms with Gasteiger partial charge in [0.1, 0.15) is 5.75 Å². The molecular formula is C12H16O4. The van der Waals surface area contributed by atoms with Gasteiger partial charge in [0.05, 0.1) is 5.56 Å². The van der Waals surface area contributed by atoms with Crippen molar-refractivity contribution in [3.63, 3.8) is 0 Å². The third-order valence-electron chi connectivity index (χ3n) is 2.05. The van der Waals surface area contributed by atoms with E-state index >= 15 is 0 Å². The van der Waals surface area contributed by atoms with Gasteiger partial charge in [0, 0.05) is 13.0 Å². The molecule has 0 aliphatic carbocycles. The lowest BCUT2D eigenvalue weighted by molar-refractivity contribution is -0.0766. The van der Waals surface area contributed by atoms with Gasteiger partial charge in [-0.1, -0.05) is 6.92 Å². The highest BCUT2D eigenvalue weighted by molar-refractivity contribution is 5.87. The van der Waals surface area contributed by atoms with Gasteiger partial charge in [-0.3, -0.25) is 0 Å². The Labute approximate surface area is 94.8 Å². The van der Waals surface area contributed by atoms with Crippen LogP contribution in [0.25, 0.3) is 0 Å². The van der Waals surface area contributed by atoms with Gasteiger partial charge in [-0.05, 0) is 31.2 Å². The molecule has 0 unspecified atom stereocenters. The Bertz CT molecular complexity index is 331. The molecule has 1 rings (SSSR count). The predicted molar refractivity (Wildman–Crippen MR) is 59.7 cm³/mol. The predicted octanol–water partition coefficient (Wildman–Crippen LogP) is 2.54. The molecule has 4 nitrogen and oxygen atoms in total. The van der Waals surface area contributed by atoms with Gasteiger partial charge in [0.25, 0.3) is 0 Å². The van der Waals surface area contributed by atoms with Crippen LogP contribution in [0.3, 0.4) is 0 Å². The molecule has 4 heteroatoms. The topological polar surface area (TPSA) is 55.8 Å². The molecule has 0 spiro atoms. The maximum Gasteiger partial charge on any atom is 0.335 e. The molecule has 0 aliphatic heterocycles. The SMILES string of the molecule is CCO[C@H](CC)Oc1ccc(C(=O)O)cc1. The fraction of sp³-hybridized carbons (Fsp3) is 0.417. The normalized spacial score (nSPS) is 12.1. The molecule has 1 aromatic rings. The molecule has 1 N–H and O–H groups in total. The quantitative estimate of drug-likeness (QED) is 0.754. The van der Waals surface area contributed by atoms with E-state index in [2.05, 4.69) is 0 Å². The second kappa shape index (κ2) is 6.12. The highest BCUT2D eigenvalue weighted by Crippen LogP contribution is 2.15. The molecule has 0 amide bonds. The smallest absolute Gasteiger partial charge is 0.335 e. The monoisotopic (exact) mass is 224 g/mol. The standard InChI is InChI=1S/C12H16O4/c1-3-11(15-4-2)16-10-7-5-9(6-8-10)12(13)14/h5-8,11H,3-4H2,1-2H3,(H,13,14)/t11-/m0/s1. The minimum atomic E-state index is -0.941. The molecule has 0 aliphatic rings. The van der Waals surface area contributed by atoms with E-state index in [4.69, 9.17) is 14.6 Å². The van der Waals surface area contributed by atoms with Gasteiger partial charge in [0.2, 0.25) is 0 Å². The van der Waals surface area contributed by atoms with Crippen molar-refractivity contribution in [3.05, 3.63) is 29.8 Å². The summed E-state index contributed by atoms with van der Waals surface area (Å²) in [6.07, 6.45) is 0.467. The fourth-order valence-corrected chi connectivity index (χ4v) is 1.25. The first-order chi connectivity index (χ1) is 7.67. The van der Waals surface area contributed by atoms with Crippen LogP contribution in [0.15, 0.2) is 24.3 Å². The molecule has 0 fully saturated rings. The molecular weight excluding hydrogens is 208 g/mol. The number of carbonyl (C=O) groups is 1. The molecule has 0 bridgehead atoms. The Hall–Kier alpha value is -1.55. The third kappa shape index (κ3) is 3.55. The zero-order valence-electron chi connectivity index (χ0n) is 9.47. The van der Waals surface area contributed by atoms with E-state index in [1.807, 2.05) is 13.8 Å². The molecule has 0 aromatic heterocycles. The summed E-state index contributed by atoms with van der Waals surface area (Å²) in [5, 5.41) is 8.72. The molecule has 16 heavy (non-hydrogen) atoms. The Morgan fingerprint density at radius 2 is 1.94 bits per heavy atom. The second-order valence-corrected chi connectivity index (χ2v) is 3.24. The molecule has 0 heterocycles. The summed E-state index contributed by atoms with van der Waals surface area (Å²) in [4.78, 5) is 10.6. The minimum absolute atomic E-state index is 0.247. The maximum absolute atomic E-state index is 10.6. The van der Waals surface area contributed by atoms with Crippen molar-refractivity contribution in [3.8, 4) is 5.75 Å². The van der Waals surface area contributed by atoms with Crippen LogP contribution in [0.5, 0.6) is 5.75 Å². The van der Waals surface area contributed by atoms with Crippen molar-refractivity contribution >= 4 is 5.97 Å². The van der Waals surface area contributed by atoms with Crippen LogP contribution in [0.2, 0.25) is 0 Å². The number of benzene rings is 1. The van der Waals surface area contributed by atoms with Gasteiger partial charge < -0.3 is 14.6 Å². The second-order valence-electron chi connectivity index (χ2n) is 3.24. The minimum Gasteiger partial charge on any atom is -0.478 e. The van der Waals surface area contributed by atoms with E-state index in [0.717, 1.165) is 6.42 Å². The summed E-state index contributed by atoms with van der Waals surface area (Å²) < 4.78 is 10.9. The molecule has 1 aromatic carbocycles. The van der Waals surface area contributed by atoms with Gasteiger partial charge in [-0.15, -0.1) is 0 Å². The summed E-state index contributed by atoms with van der Waals surface area (Å²) >= 11 is 0. The number of carboxylic acids is 1. The summed E-state index contributed by atoms with van der Waals surface area (Å²) in [5.41, 5.74) is 0.247. The van der Waals surface area contributed by atoms with Crippen LogP contribution in [0.1, 0.15) is 30.6 Å². The van der Waals surface area contributed by atoms with Crippen LogP contribution < -0.4 is 4.74 Å². The largest absolute Gasteiger partial charge is 0.478 e. The Morgan fingerprint density at radius 1 is 1.31 bits per heavy atom. The maximum atomic E-state index is 10.6. The van der Waals surface area contributed by atoms with Crippen LogP contribution in [-0.2, 0) is 4.74 Å². The van der Waals surface area contributed by atoms with E-state index in [0.29, 0.717) is 12.4 Å². The van der Waals surface area contributed by atoms with Crippen LogP contribution in [0.4, 0.5) is 0 Å². The molecule has 0 saturated carbocycles. The van der Waals surface area contributed by atoms with E-state index in [1.165, 1.54) is 12.1 Å². The number of ether oxygens (including phenoxy) is 2. The lowest BCUT2D eigenvalue weighted by Crippen LogP contribution is -2.19. The van der Waals surface area contributed by atoms with Crippen molar-refractivity contribution in [1.29, 1.82) is 0 Å². The number of hydrogen-bond donors (Lipinski definition) is 1. The molecule has 88 valence electrons. The summed E-state index contributed by atoms with van der Waals surface area (Å²) in [6, 6.07) is 6.28. The first-order valence-electron chi connectivity index (χ1n) is 5.29. The Morgan fingerprint density at radius 3 is 2.38 bits per heavy atom. The van der Waals surface area contributed by atoms with E-state index < -0.39 is 5.97 Å². The highest BCUT2D eigenvalue weighted by atomic mass is 16.7. The van der Waals surface area contributed by atoms with Crippen LogP contribution in [0, 0.1) is 0 Å². The van der Waals surface area contributed by atoms with E-state index in [1.54, 1.807) is 12.1 Å². The van der Waals surface area contributed by atoms with Gasteiger partial charge >= 0.3 is 5.97 Å². The van der Waals surface area contributed by atoms with Crippen molar-refractivity contribution in [1.82, 2.24) is 0 Å². The van der Waals surface area contributed by atoms with Crippen molar-refractivity contribution < 1.29 is 19.4 Å². The lowest BCUT2D eigenvalue weighted by Gasteiger charge is -2.17. The van der Waals surface area contributed by atoms with Crippen molar-refractivity contribution in [2.45, 2.75) is 26.6 Å². The Kier molecular flexibility index (Phi) is 4.79. The summed E-state index contributed by atoms with van der Waals surface area (Å²) in [6.45, 7) is 4.46. The fourth-order valence-electron chi connectivity index (χ4n) is 1.25. The van der Waals surface area contributed by atoms with E-state index in [-0.39, 0.29) is 11.9 Å². The average Bonchev–Trinajstić information content (AvgIpc) is 2.29. The van der Waals surface area contributed by atoms with Crippen molar-refractivity contribution in [2.24, 2.45) is 0 Å². The zero-order valence-corrected chi connectivity index (χ0v) is 9.47. The zero-order chi connectivity index (χ0) is 12.0. The molecule has 1 atom stereocenters. The average molecular weight is 224 g/mol. The number of rotatable bonds is 6. The highest BCUT2D eigenvalue weighted by Gasteiger charge is 2.08. The van der Waals surface area contributed by atoms with Crippen LogP contribution in [-0.4, -0.2) is 24.0 Å².